The van der Waals surface area contributed by atoms with E-state index in [0.717, 1.165) is 38.8 Å². The molecular weight excluding hydrogens is 186 g/mol. The Kier molecular flexibility index (Phi) is 3.36. The minimum Gasteiger partial charge on any atom is -0.305 e. The molecule has 76 valence electrons. The maximum atomic E-state index is 11.7. The molecule has 1 heterocycles. The second-order valence-electron chi connectivity index (χ2n) is 4.40. The van der Waals surface area contributed by atoms with Gasteiger partial charge in [0.05, 0.1) is 0 Å². The Bertz CT molecular complexity index is 203. The molecule has 1 spiro atoms. The quantitative estimate of drug-likeness (QED) is 0.599. The highest BCUT2D eigenvalue weighted by molar-refractivity contribution is 5.86. The van der Waals surface area contributed by atoms with Crippen molar-refractivity contribution in [2.45, 2.75) is 32.1 Å². The highest BCUT2D eigenvalue weighted by atomic mass is 35.5. The van der Waals surface area contributed by atoms with Gasteiger partial charge in [-0.05, 0) is 32.9 Å². The normalized spacial score (nSPS) is 35.0. The molecule has 13 heavy (non-hydrogen) atoms. The summed E-state index contributed by atoms with van der Waals surface area (Å²) in [7, 11) is 2.12. The molecule has 1 unspecified atom stereocenters. The number of nitrogens with zero attached hydrogens (tertiary/aromatic N) is 1. The predicted octanol–water partition coefficient (Wildman–Crippen LogP) is 1.87. The van der Waals surface area contributed by atoms with E-state index >= 15 is 0 Å². The van der Waals surface area contributed by atoms with Gasteiger partial charge in [0.2, 0.25) is 0 Å². The molecule has 0 aromatic carbocycles. The highest BCUT2D eigenvalue weighted by Gasteiger charge is 2.43. The van der Waals surface area contributed by atoms with Crippen molar-refractivity contribution in [1.82, 2.24) is 4.90 Å². The Morgan fingerprint density at radius 3 is 2.62 bits per heavy atom. The molecule has 0 aromatic rings. The van der Waals surface area contributed by atoms with Crippen molar-refractivity contribution in [1.29, 1.82) is 0 Å². The number of likely N-dealkylation sites (tertiary alicyclic amines) is 1. The molecule has 0 aromatic heterocycles. The van der Waals surface area contributed by atoms with Gasteiger partial charge in [-0.25, -0.2) is 0 Å². The van der Waals surface area contributed by atoms with E-state index in [1.54, 1.807) is 0 Å². The van der Waals surface area contributed by atoms with Crippen molar-refractivity contribution in [3.05, 3.63) is 0 Å². The first-order chi connectivity index (χ1) is 5.73. The van der Waals surface area contributed by atoms with E-state index in [1.807, 2.05) is 0 Å². The van der Waals surface area contributed by atoms with Crippen molar-refractivity contribution in [2.75, 3.05) is 20.1 Å². The van der Waals surface area contributed by atoms with Gasteiger partial charge < -0.3 is 4.90 Å². The van der Waals surface area contributed by atoms with Gasteiger partial charge in [-0.3, -0.25) is 4.79 Å². The standard InChI is InChI=1S/C10H17NO.ClH/c1-11-7-6-10(8-11)5-3-2-4-9(10)12;/h2-8H2,1H3;1H. The summed E-state index contributed by atoms with van der Waals surface area (Å²) in [4.78, 5) is 14.0. The molecule has 2 aliphatic rings. The van der Waals surface area contributed by atoms with E-state index in [4.69, 9.17) is 0 Å². The number of hydrogen-bond acceptors (Lipinski definition) is 2. The van der Waals surface area contributed by atoms with Crippen LogP contribution in [0, 0.1) is 5.41 Å². The Hall–Kier alpha value is -0.0800. The van der Waals surface area contributed by atoms with Crippen LogP contribution in [0.4, 0.5) is 0 Å². The third-order valence-electron chi connectivity index (χ3n) is 3.45. The third kappa shape index (κ3) is 1.89. The van der Waals surface area contributed by atoms with Gasteiger partial charge in [0, 0.05) is 18.4 Å². The maximum absolute atomic E-state index is 11.7. The molecule has 2 fully saturated rings. The van der Waals surface area contributed by atoms with Gasteiger partial charge in [0.1, 0.15) is 5.78 Å². The summed E-state index contributed by atoms with van der Waals surface area (Å²) in [6, 6.07) is 0. The number of carbonyl (C=O) groups excluding carboxylic acids is 1. The smallest absolute Gasteiger partial charge is 0.140 e. The minimum absolute atomic E-state index is 0. The van der Waals surface area contributed by atoms with E-state index < -0.39 is 0 Å². The zero-order valence-corrected chi connectivity index (χ0v) is 9.03. The fourth-order valence-electron chi connectivity index (χ4n) is 2.66. The molecule has 0 N–H and O–H groups in total. The molecule has 1 saturated carbocycles. The van der Waals surface area contributed by atoms with E-state index in [0.29, 0.717) is 5.78 Å². The monoisotopic (exact) mass is 203 g/mol. The van der Waals surface area contributed by atoms with Crippen molar-refractivity contribution >= 4 is 18.2 Å². The van der Waals surface area contributed by atoms with Crippen molar-refractivity contribution in [2.24, 2.45) is 5.41 Å². The summed E-state index contributed by atoms with van der Waals surface area (Å²) in [5.74, 6) is 0.540. The lowest BCUT2D eigenvalue weighted by atomic mass is 9.72. The van der Waals surface area contributed by atoms with Gasteiger partial charge in [-0.15, -0.1) is 12.4 Å². The molecule has 2 rings (SSSR count). The van der Waals surface area contributed by atoms with Gasteiger partial charge in [-0.1, -0.05) is 6.42 Å². The van der Waals surface area contributed by atoms with E-state index in [2.05, 4.69) is 11.9 Å². The maximum Gasteiger partial charge on any atom is 0.140 e. The second kappa shape index (κ2) is 3.97. The molecule has 0 bridgehead atoms. The fourth-order valence-corrected chi connectivity index (χ4v) is 2.66. The van der Waals surface area contributed by atoms with Gasteiger partial charge >= 0.3 is 0 Å². The molecular formula is C10H18ClNO. The molecule has 3 heteroatoms. The Morgan fingerprint density at radius 2 is 2.08 bits per heavy atom. The second-order valence-corrected chi connectivity index (χ2v) is 4.40. The lowest BCUT2D eigenvalue weighted by Gasteiger charge is -2.31. The van der Waals surface area contributed by atoms with Crippen LogP contribution < -0.4 is 0 Å². The lowest BCUT2D eigenvalue weighted by molar-refractivity contribution is -0.130. The molecule has 1 aliphatic carbocycles. The summed E-state index contributed by atoms with van der Waals surface area (Å²) < 4.78 is 0. The summed E-state index contributed by atoms with van der Waals surface area (Å²) >= 11 is 0. The third-order valence-corrected chi connectivity index (χ3v) is 3.45. The van der Waals surface area contributed by atoms with Crippen LogP contribution in [0.15, 0.2) is 0 Å². The zero-order valence-electron chi connectivity index (χ0n) is 8.21. The first-order valence-electron chi connectivity index (χ1n) is 4.95. The average molecular weight is 204 g/mol. The highest BCUT2D eigenvalue weighted by Crippen LogP contribution is 2.40. The summed E-state index contributed by atoms with van der Waals surface area (Å²) in [6.07, 6.45) is 5.50. The van der Waals surface area contributed by atoms with E-state index in [-0.39, 0.29) is 17.8 Å². The summed E-state index contributed by atoms with van der Waals surface area (Å²) in [5.41, 5.74) is 0.0903. The summed E-state index contributed by atoms with van der Waals surface area (Å²) in [6.45, 7) is 2.14. The van der Waals surface area contributed by atoms with E-state index in [9.17, 15) is 4.79 Å². The van der Waals surface area contributed by atoms with Crippen molar-refractivity contribution < 1.29 is 4.79 Å². The van der Waals surface area contributed by atoms with Crippen LogP contribution in [-0.2, 0) is 4.79 Å². The minimum atomic E-state index is 0. The van der Waals surface area contributed by atoms with Crippen LogP contribution in [0.3, 0.4) is 0 Å². The summed E-state index contributed by atoms with van der Waals surface area (Å²) in [5, 5.41) is 0. The van der Waals surface area contributed by atoms with Crippen LogP contribution >= 0.6 is 12.4 Å². The largest absolute Gasteiger partial charge is 0.305 e. The number of ketones is 1. The molecule has 1 aliphatic heterocycles. The first-order valence-corrected chi connectivity index (χ1v) is 4.95. The topological polar surface area (TPSA) is 20.3 Å². The van der Waals surface area contributed by atoms with Crippen LogP contribution in [0.25, 0.3) is 0 Å². The van der Waals surface area contributed by atoms with Gasteiger partial charge in [0.25, 0.3) is 0 Å². The van der Waals surface area contributed by atoms with Crippen LogP contribution in [-0.4, -0.2) is 30.8 Å². The predicted molar refractivity (Wildman–Crippen MR) is 55.3 cm³/mol. The lowest BCUT2D eigenvalue weighted by Crippen LogP contribution is -2.36. The van der Waals surface area contributed by atoms with Crippen molar-refractivity contribution in [3.8, 4) is 0 Å². The van der Waals surface area contributed by atoms with Gasteiger partial charge in [0.15, 0.2) is 0 Å². The molecule has 1 atom stereocenters. The first kappa shape index (κ1) is 11.0. The molecule has 0 radical (unpaired) electrons. The fraction of sp³-hybridized carbons (Fsp3) is 0.900. The molecule has 2 nitrogen and oxygen atoms in total. The van der Waals surface area contributed by atoms with E-state index in [1.165, 1.54) is 6.42 Å². The molecule has 0 amide bonds. The number of Topliss-reactive ketones (excluding diaryl/α,β-unsaturated/α-hetero) is 1. The van der Waals surface area contributed by atoms with Crippen LogP contribution in [0.2, 0.25) is 0 Å². The van der Waals surface area contributed by atoms with Gasteiger partial charge in [-0.2, -0.15) is 0 Å². The number of rotatable bonds is 0. The Morgan fingerprint density at radius 1 is 1.31 bits per heavy atom. The van der Waals surface area contributed by atoms with Crippen molar-refractivity contribution in [3.63, 3.8) is 0 Å². The number of carbonyl (C=O) groups is 1. The number of hydrogen-bond donors (Lipinski definition) is 0. The van der Waals surface area contributed by atoms with Crippen LogP contribution in [0.5, 0.6) is 0 Å². The zero-order chi connectivity index (χ0) is 8.60. The molecule has 1 saturated heterocycles. The van der Waals surface area contributed by atoms with Crippen LogP contribution in [0.1, 0.15) is 32.1 Å². The Labute approximate surface area is 86.1 Å². The SMILES string of the molecule is CN1CCC2(CCCCC2=O)C1.Cl. The Balaban J connectivity index is 0.000000845. The number of halogens is 1. The average Bonchev–Trinajstić information content (AvgIpc) is 2.41.